The van der Waals surface area contributed by atoms with Crippen LogP contribution in [0.15, 0.2) is 42.7 Å². The number of amides is 1. The molecule has 2 aromatic heterocycles. The fourth-order valence-corrected chi connectivity index (χ4v) is 4.61. The van der Waals surface area contributed by atoms with E-state index in [1.54, 1.807) is 11.3 Å². The van der Waals surface area contributed by atoms with Gasteiger partial charge in [-0.25, -0.2) is 9.97 Å². The molecule has 1 aliphatic rings. The van der Waals surface area contributed by atoms with Crippen LogP contribution >= 0.6 is 11.3 Å². The van der Waals surface area contributed by atoms with Crippen LogP contribution in [0.4, 0.5) is 0 Å². The van der Waals surface area contributed by atoms with Gasteiger partial charge in [0.25, 0.3) is 0 Å². The molecule has 0 unspecified atom stereocenters. The standard InChI is InChI=1S/C22H27N5OS/c1-17-19(24-22(29-17)18-7-4-3-5-8-18)15-21(28)27-11-6-10-26(13-14-27)16-20-23-9-12-25(20)2/h3-5,7-9,12H,6,10-11,13-16H2,1-2H3. The minimum Gasteiger partial charge on any atom is -0.341 e. The Labute approximate surface area is 175 Å². The minimum absolute atomic E-state index is 0.178. The van der Waals surface area contributed by atoms with E-state index in [2.05, 4.69) is 33.5 Å². The highest BCUT2D eigenvalue weighted by molar-refractivity contribution is 7.15. The fraction of sp³-hybridized carbons (Fsp3) is 0.409. The molecule has 1 aromatic carbocycles. The summed E-state index contributed by atoms with van der Waals surface area (Å²) in [5.41, 5.74) is 2.02. The first kappa shape index (κ1) is 19.8. The van der Waals surface area contributed by atoms with Gasteiger partial charge in [-0.15, -0.1) is 11.3 Å². The van der Waals surface area contributed by atoms with E-state index in [4.69, 9.17) is 4.98 Å². The number of aromatic nitrogens is 3. The molecule has 6 nitrogen and oxygen atoms in total. The van der Waals surface area contributed by atoms with Gasteiger partial charge < -0.3 is 9.47 Å². The fourth-order valence-electron chi connectivity index (χ4n) is 3.68. The monoisotopic (exact) mass is 409 g/mol. The van der Waals surface area contributed by atoms with Crippen LogP contribution in [0.25, 0.3) is 10.6 Å². The highest BCUT2D eigenvalue weighted by Crippen LogP contribution is 2.28. The smallest absolute Gasteiger partial charge is 0.228 e. The van der Waals surface area contributed by atoms with Crippen molar-refractivity contribution in [3.63, 3.8) is 0 Å². The van der Waals surface area contributed by atoms with Crippen molar-refractivity contribution < 1.29 is 4.79 Å². The molecule has 152 valence electrons. The van der Waals surface area contributed by atoms with E-state index in [0.29, 0.717) is 6.42 Å². The predicted molar refractivity (Wildman–Crippen MR) is 116 cm³/mol. The molecule has 3 heterocycles. The summed E-state index contributed by atoms with van der Waals surface area (Å²) in [6.45, 7) is 6.33. The SMILES string of the molecule is Cc1sc(-c2ccccc2)nc1CC(=O)N1CCCN(Cc2nccn2C)CC1. The zero-order valence-corrected chi connectivity index (χ0v) is 17.9. The number of carbonyl (C=O) groups excluding carboxylic acids is 1. The van der Waals surface area contributed by atoms with Gasteiger partial charge in [0.1, 0.15) is 10.8 Å². The lowest BCUT2D eigenvalue weighted by Crippen LogP contribution is -2.36. The molecule has 0 N–H and O–H groups in total. The number of hydrogen-bond acceptors (Lipinski definition) is 5. The van der Waals surface area contributed by atoms with Gasteiger partial charge in [0.15, 0.2) is 0 Å². The van der Waals surface area contributed by atoms with Gasteiger partial charge in [0.2, 0.25) is 5.91 Å². The summed E-state index contributed by atoms with van der Waals surface area (Å²) in [5.74, 6) is 1.24. The van der Waals surface area contributed by atoms with Gasteiger partial charge >= 0.3 is 0 Å². The Morgan fingerprint density at radius 3 is 2.72 bits per heavy atom. The summed E-state index contributed by atoms with van der Waals surface area (Å²) in [5, 5.41) is 0.989. The highest BCUT2D eigenvalue weighted by atomic mass is 32.1. The van der Waals surface area contributed by atoms with Crippen LogP contribution in [0, 0.1) is 6.92 Å². The lowest BCUT2D eigenvalue weighted by atomic mass is 10.2. The zero-order valence-electron chi connectivity index (χ0n) is 17.0. The molecule has 0 aliphatic carbocycles. The maximum absolute atomic E-state index is 13.0. The third kappa shape index (κ3) is 4.74. The number of thiazole rings is 1. The van der Waals surface area contributed by atoms with Crippen molar-refractivity contribution in [3.8, 4) is 10.6 Å². The zero-order chi connectivity index (χ0) is 20.2. The predicted octanol–water partition coefficient (Wildman–Crippen LogP) is 3.13. The molecular weight excluding hydrogens is 382 g/mol. The number of benzene rings is 1. The van der Waals surface area contributed by atoms with Crippen LogP contribution in [0.5, 0.6) is 0 Å². The van der Waals surface area contributed by atoms with Gasteiger partial charge in [-0.2, -0.15) is 0 Å². The average Bonchev–Trinajstić information content (AvgIpc) is 3.20. The summed E-state index contributed by atoms with van der Waals surface area (Å²) >= 11 is 1.66. The largest absolute Gasteiger partial charge is 0.341 e. The van der Waals surface area contributed by atoms with Crippen molar-refractivity contribution in [2.45, 2.75) is 26.3 Å². The van der Waals surface area contributed by atoms with Crippen LogP contribution in [0.2, 0.25) is 0 Å². The maximum Gasteiger partial charge on any atom is 0.228 e. The molecule has 7 heteroatoms. The number of hydrogen-bond donors (Lipinski definition) is 0. The van der Waals surface area contributed by atoms with E-state index >= 15 is 0 Å². The van der Waals surface area contributed by atoms with Crippen molar-refractivity contribution in [2.24, 2.45) is 7.05 Å². The molecule has 0 atom stereocenters. The first-order chi connectivity index (χ1) is 14.1. The molecule has 4 rings (SSSR count). The van der Waals surface area contributed by atoms with Crippen molar-refractivity contribution in [3.05, 3.63) is 59.1 Å². The minimum atomic E-state index is 0.178. The topological polar surface area (TPSA) is 54.3 Å². The Kier molecular flexibility index (Phi) is 6.06. The van der Waals surface area contributed by atoms with Crippen molar-refractivity contribution in [1.82, 2.24) is 24.3 Å². The van der Waals surface area contributed by atoms with E-state index in [0.717, 1.165) is 66.1 Å². The third-order valence-corrected chi connectivity index (χ3v) is 6.52. The second-order valence-electron chi connectivity index (χ2n) is 7.53. The van der Waals surface area contributed by atoms with Crippen LogP contribution in [0.3, 0.4) is 0 Å². The second-order valence-corrected chi connectivity index (χ2v) is 8.73. The van der Waals surface area contributed by atoms with Gasteiger partial charge in [-0.1, -0.05) is 30.3 Å². The molecular formula is C22H27N5OS. The van der Waals surface area contributed by atoms with E-state index in [9.17, 15) is 4.79 Å². The van der Waals surface area contributed by atoms with Gasteiger partial charge in [0.05, 0.1) is 18.7 Å². The summed E-state index contributed by atoms with van der Waals surface area (Å²) < 4.78 is 2.06. The molecule has 0 saturated carbocycles. The Bertz CT molecular complexity index is 965. The number of rotatable bonds is 5. The number of nitrogens with zero attached hydrogens (tertiary/aromatic N) is 5. The van der Waals surface area contributed by atoms with Crippen molar-refractivity contribution in [1.29, 1.82) is 0 Å². The molecule has 0 spiro atoms. The molecule has 29 heavy (non-hydrogen) atoms. The van der Waals surface area contributed by atoms with E-state index in [1.807, 2.05) is 42.5 Å². The Balaban J connectivity index is 1.37. The summed E-state index contributed by atoms with van der Waals surface area (Å²) in [7, 11) is 2.02. The van der Waals surface area contributed by atoms with Crippen molar-refractivity contribution >= 4 is 17.2 Å². The highest BCUT2D eigenvalue weighted by Gasteiger charge is 2.22. The first-order valence-electron chi connectivity index (χ1n) is 10.1. The second kappa shape index (κ2) is 8.88. The van der Waals surface area contributed by atoms with Gasteiger partial charge in [-0.3, -0.25) is 9.69 Å². The first-order valence-corrected chi connectivity index (χ1v) is 10.9. The van der Waals surface area contributed by atoms with Crippen molar-refractivity contribution in [2.75, 3.05) is 26.2 Å². The van der Waals surface area contributed by atoms with Crippen LogP contribution in [0.1, 0.15) is 22.8 Å². The lowest BCUT2D eigenvalue weighted by Gasteiger charge is -2.21. The summed E-state index contributed by atoms with van der Waals surface area (Å²) in [6, 6.07) is 10.2. The molecule has 0 radical (unpaired) electrons. The van der Waals surface area contributed by atoms with E-state index < -0.39 is 0 Å². The Hall–Kier alpha value is -2.51. The van der Waals surface area contributed by atoms with E-state index in [1.165, 1.54) is 0 Å². The quantitative estimate of drug-likeness (QED) is 0.650. The molecule has 0 bridgehead atoms. The van der Waals surface area contributed by atoms with Crippen LogP contribution < -0.4 is 0 Å². The van der Waals surface area contributed by atoms with Gasteiger partial charge in [-0.05, 0) is 13.3 Å². The number of imidazole rings is 1. The maximum atomic E-state index is 13.0. The number of aryl methyl sites for hydroxylation is 2. The Morgan fingerprint density at radius 2 is 1.97 bits per heavy atom. The molecule has 3 aromatic rings. The number of carbonyl (C=O) groups is 1. The summed E-state index contributed by atoms with van der Waals surface area (Å²) in [6.07, 6.45) is 5.18. The molecule has 1 amide bonds. The molecule has 1 fully saturated rings. The molecule has 1 aliphatic heterocycles. The lowest BCUT2D eigenvalue weighted by molar-refractivity contribution is -0.130. The summed E-state index contributed by atoms with van der Waals surface area (Å²) in [4.78, 5) is 27.6. The van der Waals surface area contributed by atoms with Gasteiger partial charge in [0, 0.05) is 56.1 Å². The normalized spacial score (nSPS) is 15.4. The van der Waals surface area contributed by atoms with E-state index in [-0.39, 0.29) is 5.91 Å². The molecule has 1 saturated heterocycles. The Morgan fingerprint density at radius 1 is 1.14 bits per heavy atom. The third-order valence-electron chi connectivity index (χ3n) is 5.46. The van der Waals surface area contributed by atoms with Crippen LogP contribution in [-0.2, 0) is 24.8 Å². The average molecular weight is 410 g/mol. The van der Waals surface area contributed by atoms with Crippen LogP contribution in [-0.4, -0.2) is 56.4 Å².